The molecule has 29 heavy (non-hydrogen) atoms. The van der Waals surface area contributed by atoms with Gasteiger partial charge in [0.15, 0.2) is 5.96 Å². The van der Waals surface area contributed by atoms with Gasteiger partial charge in [0.2, 0.25) is 0 Å². The molecule has 3 heterocycles. The van der Waals surface area contributed by atoms with Crippen LogP contribution in [0, 0.1) is 5.41 Å². The Morgan fingerprint density at radius 1 is 1.21 bits per heavy atom. The maximum atomic E-state index is 6.28. The van der Waals surface area contributed by atoms with E-state index in [4.69, 9.17) is 21.1 Å². The number of morpholine rings is 1. The molecule has 3 aliphatic rings. The molecular formula is C21H32ClIN4O2. The highest BCUT2D eigenvalue weighted by molar-refractivity contribution is 14.0. The van der Waals surface area contributed by atoms with Crippen molar-refractivity contribution in [1.29, 1.82) is 0 Å². The van der Waals surface area contributed by atoms with Crippen LogP contribution in [0.4, 0.5) is 0 Å². The van der Waals surface area contributed by atoms with Gasteiger partial charge in [-0.05, 0) is 30.5 Å². The fourth-order valence-corrected chi connectivity index (χ4v) is 4.87. The van der Waals surface area contributed by atoms with E-state index < -0.39 is 0 Å². The van der Waals surface area contributed by atoms with E-state index in [2.05, 4.69) is 32.2 Å². The third-order valence-corrected chi connectivity index (χ3v) is 6.54. The van der Waals surface area contributed by atoms with Crippen LogP contribution < -0.4 is 5.32 Å². The van der Waals surface area contributed by atoms with Crippen molar-refractivity contribution in [3.63, 3.8) is 0 Å². The van der Waals surface area contributed by atoms with Gasteiger partial charge in [0.05, 0.1) is 25.9 Å². The molecule has 6 nitrogen and oxygen atoms in total. The van der Waals surface area contributed by atoms with Gasteiger partial charge in [-0.15, -0.1) is 24.0 Å². The molecule has 0 radical (unpaired) electrons. The van der Waals surface area contributed by atoms with E-state index in [-0.39, 0.29) is 30.0 Å². The summed E-state index contributed by atoms with van der Waals surface area (Å²) in [6.45, 7) is 8.08. The second-order valence-electron chi connectivity index (χ2n) is 8.12. The number of ether oxygens (including phenoxy) is 2. The average molecular weight is 535 g/mol. The van der Waals surface area contributed by atoms with Crippen molar-refractivity contribution >= 4 is 41.5 Å². The van der Waals surface area contributed by atoms with Gasteiger partial charge in [0.1, 0.15) is 0 Å². The number of likely N-dealkylation sites (tertiary alicyclic amines) is 1. The Morgan fingerprint density at radius 3 is 2.72 bits per heavy atom. The van der Waals surface area contributed by atoms with Crippen LogP contribution in [0.25, 0.3) is 0 Å². The van der Waals surface area contributed by atoms with Crippen molar-refractivity contribution in [3.8, 4) is 0 Å². The highest BCUT2D eigenvalue weighted by Gasteiger charge is 2.42. The highest BCUT2D eigenvalue weighted by Crippen LogP contribution is 2.38. The van der Waals surface area contributed by atoms with Crippen LogP contribution in [0.5, 0.6) is 0 Å². The lowest BCUT2D eigenvalue weighted by molar-refractivity contribution is 0.0169. The molecule has 0 saturated carbocycles. The minimum Gasteiger partial charge on any atom is -0.381 e. The second kappa shape index (κ2) is 10.6. The predicted octanol–water partition coefficient (Wildman–Crippen LogP) is 3.02. The lowest BCUT2D eigenvalue weighted by atomic mass is 9.87. The van der Waals surface area contributed by atoms with E-state index in [1.165, 1.54) is 18.4 Å². The molecule has 1 aromatic rings. The van der Waals surface area contributed by atoms with Gasteiger partial charge in [-0.2, -0.15) is 0 Å². The Kier molecular flexibility index (Phi) is 8.44. The zero-order valence-corrected chi connectivity index (χ0v) is 20.2. The van der Waals surface area contributed by atoms with Crippen molar-refractivity contribution in [2.45, 2.75) is 18.9 Å². The van der Waals surface area contributed by atoms with E-state index >= 15 is 0 Å². The van der Waals surface area contributed by atoms with Crippen molar-refractivity contribution in [2.24, 2.45) is 10.4 Å². The van der Waals surface area contributed by atoms with E-state index in [1.807, 2.05) is 19.2 Å². The molecule has 4 rings (SSSR count). The van der Waals surface area contributed by atoms with Crippen molar-refractivity contribution < 1.29 is 9.47 Å². The van der Waals surface area contributed by atoms with Gasteiger partial charge in [-0.1, -0.05) is 23.7 Å². The van der Waals surface area contributed by atoms with Crippen LogP contribution in [0.15, 0.2) is 29.3 Å². The fourth-order valence-electron chi connectivity index (χ4n) is 4.67. The molecule has 0 bridgehead atoms. The number of nitrogens with one attached hydrogen (secondary N) is 1. The third-order valence-electron chi connectivity index (χ3n) is 6.31. The zero-order chi connectivity index (χ0) is 19.4. The van der Waals surface area contributed by atoms with Crippen LogP contribution in [0.2, 0.25) is 5.02 Å². The monoisotopic (exact) mass is 534 g/mol. The minimum atomic E-state index is 0. The number of nitrogens with zero attached hydrogens (tertiary/aromatic N) is 3. The molecule has 1 aromatic carbocycles. The number of hydrogen-bond acceptors (Lipinski definition) is 4. The Balaban J connectivity index is 0.00000240. The van der Waals surface area contributed by atoms with E-state index in [9.17, 15) is 0 Å². The minimum absolute atomic E-state index is 0. The van der Waals surface area contributed by atoms with Gasteiger partial charge >= 0.3 is 0 Å². The van der Waals surface area contributed by atoms with Crippen LogP contribution in [0.1, 0.15) is 24.4 Å². The summed E-state index contributed by atoms with van der Waals surface area (Å²) in [5.41, 5.74) is 1.56. The smallest absolute Gasteiger partial charge is 0.193 e. The molecule has 2 atom stereocenters. The maximum absolute atomic E-state index is 6.28. The highest BCUT2D eigenvalue weighted by atomic mass is 127. The van der Waals surface area contributed by atoms with E-state index in [1.54, 1.807) is 0 Å². The van der Waals surface area contributed by atoms with Gasteiger partial charge in [0.25, 0.3) is 0 Å². The molecule has 8 heteroatoms. The maximum Gasteiger partial charge on any atom is 0.193 e. The first-order chi connectivity index (χ1) is 13.7. The number of rotatable bonds is 4. The largest absolute Gasteiger partial charge is 0.381 e. The number of aliphatic imine (C=N–C) groups is 1. The Bertz CT molecular complexity index is 693. The molecule has 3 saturated heterocycles. The normalized spacial score (nSPS) is 26.6. The second-order valence-corrected chi connectivity index (χ2v) is 8.56. The first-order valence-corrected chi connectivity index (χ1v) is 10.7. The molecular weight excluding hydrogens is 503 g/mol. The first kappa shape index (κ1) is 23.1. The third kappa shape index (κ3) is 5.55. The molecule has 0 aliphatic carbocycles. The summed E-state index contributed by atoms with van der Waals surface area (Å²) in [4.78, 5) is 9.44. The predicted molar refractivity (Wildman–Crippen MR) is 127 cm³/mol. The lowest BCUT2D eigenvalue weighted by Gasteiger charge is -2.36. The SMILES string of the molecule is CN=C(NCC(c1cccc(Cl)c1)N1CCOCC1)N1CCC2(CCOC2)C1.I. The summed E-state index contributed by atoms with van der Waals surface area (Å²) in [6, 6.07) is 8.45. The van der Waals surface area contributed by atoms with Crippen molar-refractivity contribution in [1.82, 2.24) is 15.1 Å². The van der Waals surface area contributed by atoms with Crippen LogP contribution in [-0.4, -0.2) is 82.0 Å². The average Bonchev–Trinajstić information content (AvgIpc) is 3.36. The number of guanidine groups is 1. The van der Waals surface area contributed by atoms with Crippen LogP contribution in [-0.2, 0) is 9.47 Å². The molecule has 3 fully saturated rings. The summed E-state index contributed by atoms with van der Waals surface area (Å²) >= 11 is 6.28. The quantitative estimate of drug-likeness (QED) is 0.366. The standard InChI is InChI=1S/C21H31ClN4O2.HI/c1-23-20(26-7-5-21(15-26)6-10-28-16-21)24-14-19(25-8-11-27-12-9-25)17-3-2-4-18(22)13-17;/h2-4,13,19H,5-12,14-16H2,1H3,(H,23,24);1H. The van der Waals surface area contributed by atoms with Crippen molar-refractivity contribution in [3.05, 3.63) is 34.9 Å². The Morgan fingerprint density at radius 2 is 2.03 bits per heavy atom. The topological polar surface area (TPSA) is 49.3 Å². The van der Waals surface area contributed by atoms with E-state index in [0.29, 0.717) is 5.41 Å². The first-order valence-electron chi connectivity index (χ1n) is 10.3. The lowest BCUT2D eigenvalue weighted by Crippen LogP contribution is -2.47. The molecule has 0 amide bonds. The number of hydrogen-bond donors (Lipinski definition) is 1. The molecule has 1 spiro atoms. The molecule has 1 N–H and O–H groups in total. The summed E-state index contributed by atoms with van der Waals surface area (Å²) in [5, 5.41) is 4.42. The fraction of sp³-hybridized carbons (Fsp3) is 0.667. The van der Waals surface area contributed by atoms with Crippen LogP contribution >= 0.6 is 35.6 Å². The Hall–Kier alpha value is -0.610. The summed E-state index contributed by atoms with van der Waals surface area (Å²) in [6.07, 6.45) is 2.36. The molecule has 0 aromatic heterocycles. The number of halogens is 2. The van der Waals surface area contributed by atoms with Crippen LogP contribution in [0.3, 0.4) is 0 Å². The van der Waals surface area contributed by atoms with Gasteiger partial charge in [0, 0.05) is 56.8 Å². The summed E-state index contributed by atoms with van der Waals surface area (Å²) in [5.74, 6) is 0.990. The van der Waals surface area contributed by atoms with E-state index in [0.717, 1.165) is 70.1 Å². The van der Waals surface area contributed by atoms with Gasteiger partial charge < -0.3 is 19.7 Å². The Labute approximate surface area is 196 Å². The molecule has 3 aliphatic heterocycles. The van der Waals surface area contributed by atoms with Gasteiger partial charge in [-0.25, -0.2) is 0 Å². The van der Waals surface area contributed by atoms with Crippen molar-refractivity contribution in [2.75, 3.05) is 66.2 Å². The van der Waals surface area contributed by atoms with Gasteiger partial charge in [-0.3, -0.25) is 9.89 Å². The summed E-state index contributed by atoms with van der Waals surface area (Å²) < 4.78 is 11.2. The molecule has 162 valence electrons. The number of benzene rings is 1. The summed E-state index contributed by atoms with van der Waals surface area (Å²) in [7, 11) is 1.88. The zero-order valence-electron chi connectivity index (χ0n) is 17.1. The molecule has 2 unspecified atom stereocenters.